The molecule has 0 amide bonds. The minimum Gasteiger partial charge on any atom is -0.357 e. The van der Waals surface area contributed by atoms with E-state index in [1.807, 2.05) is 34.8 Å². The molecule has 2 aromatic heterocycles. The second-order valence-electron chi connectivity index (χ2n) is 5.54. The number of anilines is 1. The number of rotatable bonds is 5. The largest absolute Gasteiger partial charge is 0.357 e. The van der Waals surface area contributed by atoms with Crippen LogP contribution in [0.5, 0.6) is 0 Å². The van der Waals surface area contributed by atoms with E-state index in [-0.39, 0.29) is 6.04 Å². The minimum absolute atomic E-state index is 0.125. The Balaban J connectivity index is 1.58. The summed E-state index contributed by atoms with van der Waals surface area (Å²) in [7, 11) is 2.00. The van der Waals surface area contributed by atoms with E-state index in [4.69, 9.17) is 0 Å². The number of alkyl halides is 1. The molecule has 0 aromatic carbocycles. The maximum atomic E-state index is 13.7. The van der Waals surface area contributed by atoms with Gasteiger partial charge in [0.05, 0.1) is 6.54 Å². The van der Waals surface area contributed by atoms with Crippen LogP contribution in [0.25, 0.3) is 0 Å². The Morgan fingerprint density at radius 2 is 2.33 bits per heavy atom. The molecule has 6 heteroatoms. The monoisotopic (exact) mass is 289 g/mol. The molecule has 1 saturated heterocycles. The van der Waals surface area contributed by atoms with E-state index in [2.05, 4.69) is 27.8 Å². The summed E-state index contributed by atoms with van der Waals surface area (Å²) in [5.41, 5.74) is 1.23. The Morgan fingerprint density at radius 3 is 3.05 bits per heavy atom. The maximum Gasteiger partial charge on any atom is 0.151 e. The van der Waals surface area contributed by atoms with Gasteiger partial charge in [0, 0.05) is 51.2 Å². The Morgan fingerprint density at radius 1 is 1.43 bits per heavy atom. The summed E-state index contributed by atoms with van der Waals surface area (Å²) in [6, 6.07) is 5.93. The van der Waals surface area contributed by atoms with Crippen LogP contribution in [-0.2, 0) is 13.6 Å². The van der Waals surface area contributed by atoms with Crippen molar-refractivity contribution in [2.75, 3.05) is 18.0 Å². The molecule has 2 aromatic rings. The molecule has 3 rings (SSSR count). The molecule has 1 aliphatic heterocycles. The zero-order valence-corrected chi connectivity index (χ0v) is 12.1. The highest BCUT2D eigenvalue weighted by molar-refractivity contribution is 5.40. The van der Waals surface area contributed by atoms with Crippen molar-refractivity contribution in [1.29, 1.82) is 0 Å². The fourth-order valence-electron chi connectivity index (χ4n) is 2.83. The number of hydrogen-bond acceptors (Lipinski definition) is 4. The van der Waals surface area contributed by atoms with Crippen molar-refractivity contribution < 1.29 is 4.39 Å². The van der Waals surface area contributed by atoms with Gasteiger partial charge in [0.2, 0.25) is 0 Å². The summed E-state index contributed by atoms with van der Waals surface area (Å²) in [5, 5.41) is 11.4. The second kappa shape index (κ2) is 6.22. The Labute approximate surface area is 123 Å². The lowest BCUT2D eigenvalue weighted by molar-refractivity contribution is 0.354. The zero-order valence-electron chi connectivity index (χ0n) is 12.1. The van der Waals surface area contributed by atoms with Crippen LogP contribution in [0.2, 0.25) is 0 Å². The lowest BCUT2D eigenvalue weighted by Crippen LogP contribution is -2.38. The van der Waals surface area contributed by atoms with Gasteiger partial charge in [-0.2, -0.15) is 5.10 Å². The number of nitrogens with zero attached hydrogens (tertiary/aromatic N) is 4. The number of aryl methyl sites for hydroxylation is 1. The van der Waals surface area contributed by atoms with E-state index in [0.29, 0.717) is 13.0 Å². The molecule has 3 heterocycles. The van der Waals surface area contributed by atoms with Crippen LogP contribution in [0.15, 0.2) is 36.8 Å². The van der Waals surface area contributed by atoms with Crippen LogP contribution >= 0.6 is 0 Å². The van der Waals surface area contributed by atoms with Crippen LogP contribution in [-0.4, -0.2) is 40.1 Å². The van der Waals surface area contributed by atoms with E-state index >= 15 is 0 Å². The summed E-state index contributed by atoms with van der Waals surface area (Å²) in [6.45, 7) is 1.94. The normalized spacial score (nSPS) is 21.9. The molecule has 5 nitrogen and oxygen atoms in total. The average Bonchev–Trinajstić information content (AvgIpc) is 3.06. The maximum absolute atomic E-state index is 13.7. The van der Waals surface area contributed by atoms with Crippen molar-refractivity contribution in [3.8, 4) is 0 Å². The van der Waals surface area contributed by atoms with E-state index in [1.54, 1.807) is 6.20 Å². The average molecular weight is 289 g/mol. The van der Waals surface area contributed by atoms with Crippen LogP contribution in [0.4, 0.5) is 10.2 Å². The van der Waals surface area contributed by atoms with Gasteiger partial charge in [0.1, 0.15) is 6.17 Å². The van der Waals surface area contributed by atoms with Gasteiger partial charge in [0.15, 0.2) is 5.82 Å². The highest BCUT2D eigenvalue weighted by Crippen LogP contribution is 2.24. The van der Waals surface area contributed by atoms with Gasteiger partial charge in [-0.25, -0.2) is 4.39 Å². The number of nitrogens with one attached hydrogen (secondary N) is 1. The molecule has 1 aliphatic rings. The molecule has 2 atom stereocenters. The topological polar surface area (TPSA) is 46.0 Å². The smallest absolute Gasteiger partial charge is 0.151 e. The lowest BCUT2D eigenvalue weighted by atomic mass is 10.2. The number of halogens is 1. The molecule has 0 radical (unpaired) electrons. The molecule has 21 heavy (non-hydrogen) atoms. The summed E-state index contributed by atoms with van der Waals surface area (Å²) >= 11 is 0. The van der Waals surface area contributed by atoms with Gasteiger partial charge >= 0.3 is 0 Å². The molecule has 0 unspecified atom stereocenters. The molecule has 1 fully saturated rings. The molecule has 1 N–H and O–H groups in total. The minimum atomic E-state index is -0.796. The molecular formula is C15H20FN5. The molecule has 0 aliphatic carbocycles. The first-order valence-corrected chi connectivity index (χ1v) is 7.22. The first-order valence-electron chi connectivity index (χ1n) is 7.22. The number of aromatic nitrogens is 3. The summed E-state index contributed by atoms with van der Waals surface area (Å²) in [4.78, 5) is 2.01. The van der Waals surface area contributed by atoms with Crippen molar-refractivity contribution in [2.45, 2.75) is 25.2 Å². The predicted molar refractivity (Wildman–Crippen MR) is 79.8 cm³/mol. The third-order valence-electron chi connectivity index (χ3n) is 3.82. The third kappa shape index (κ3) is 3.39. The van der Waals surface area contributed by atoms with Gasteiger partial charge in [-0.15, -0.1) is 5.10 Å². The van der Waals surface area contributed by atoms with Gasteiger partial charge < -0.3 is 14.8 Å². The van der Waals surface area contributed by atoms with Gasteiger partial charge in [-0.1, -0.05) is 0 Å². The first kappa shape index (κ1) is 14.0. The summed E-state index contributed by atoms with van der Waals surface area (Å²) < 4.78 is 15.8. The van der Waals surface area contributed by atoms with Crippen LogP contribution < -0.4 is 10.2 Å². The fourth-order valence-corrected chi connectivity index (χ4v) is 2.83. The highest BCUT2D eigenvalue weighted by Gasteiger charge is 2.32. The molecule has 0 spiro atoms. The number of hydrogen-bond donors (Lipinski definition) is 1. The van der Waals surface area contributed by atoms with Gasteiger partial charge in [0.25, 0.3) is 0 Å². The lowest BCUT2D eigenvalue weighted by Gasteiger charge is -2.24. The Kier molecular flexibility index (Phi) is 4.15. The van der Waals surface area contributed by atoms with Crippen molar-refractivity contribution in [3.05, 3.63) is 42.4 Å². The van der Waals surface area contributed by atoms with Crippen LogP contribution in [0.3, 0.4) is 0 Å². The zero-order chi connectivity index (χ0) is 14.7. The van der Waals surface area contributed by atoms with Crippen molar-refractivity contribution in [3.63, 3.8) is 0 Å². The Hall–Kier alpha value is -1.95. The standard InChI is InChI=1S/C15H20FN5/c1-20-6-4-12(10-20)8-17-9-14-7-13(16)11-21(14)15-3-2-5-18-19-15/h2-6,10,13-14,17H,7-9,11H2,1H3/t13-,14-/m0/s1. The van der Waals surface area contributed by atoms with Crippen molar-refractivity contribution in [1.82, 2.24) is 20.1 Å². The summed E-state index contributed by atoms with van der Waals surface area (Å²) in [6.07, 6.45) is 5.49. The molecule has 0 bridgehead atoms. The highest BCUT2D eigenvalue weighted by atomic mass is 19.1. The fraction of sp³-hybridized carbons (Fsp3) is 0.467. The van der Waals surface area contributed by atoms with Crippen LogP contribution in [0.1, 0.15) is 12.0 Å². The first-order chi connectivity index (χ1) is 10.2. The van der Waals surface area contributed by atoms with E-state index < -0.39 is 6.17 Å². The Bertz CT molecular complexity index is 570. The predicted octanol–water partition coefficient (Wildman–Crippen LogP) is 1.52. The van der Waals surface area contributed by atoms with Crippen LogP contribution in [0, 0.1) is 0 Å². The summed E-state index contributed by atoms with van der Waals surface area (Å²) in [5.74, 6) is 0.754. The third-order valence-corrected chi connectivity index (χ3v) is 3.82. The second-order valence-corrected chi connectivity index (χ2v) is 5.54. The van der Waals surface area contributed by atoms with Crippen molar-refractivity contribution in [2.24, 2.45) is 7.05 Å². The van der Waals surface area contributed by atoms with Gasteiger partial charge in [-0.3, -0.25) is 0 Å². The van der Waals surface area contributed by atoms with Crippen molar-refractivity contribution >= 4 is 5.82 Å². The molecular weight excluding hydrogens is 269 g/mol. The van der Waals surface area contributed by atoms with E-state index in [9.17, 15) is 4.39 Å². The molecule has 0 saturated carbocycles. The van der Waals surface area contributed by atoms with E-state index in [0.717, 1.165) is 18.9 Å². The SMILES string of the molecule is Cn1ccc(CNC[C@@H]2C[C@H](F)CN2c2cccnn2)c1. The quantitative estimate of drug-likeness (QED) is 0.906. The molecule has 112 valence electrons. The van der Waals surface area contributed by atoms with Gasteiger partial charge in [-0.05, 0) is 23.8 Å². The van der Waals surface area contributed by atoms with E-state index in [1.165, 1.54) is 5.56 Å².